The first kappa shape index (κ1) is 11.7. The van der Waals surface area contributed by atoms with Crippen molar-refractivity contribution in [3.05, 3.63) is 58.2 Å². The summed E-state index contributed by atoms with van der Waals surface area (Å²) in [6.45, 7) is 3.97. The third-order valence-corrected chi connectivity index (χ3v) is 2.91. The van der Waals surface area contributed by atoms with Gasteiger partial charge in [0.1, 0.15) is 4.47 Å². The lowest BCUT2D eigenvalue weighted by molar-refractivity contribution is 0.648. The smallest absolute Gasteiger partial charge is 0.283 e. The number of hydrogen-bond donors (Lipinski definition) is 1. The summed E-state index contributed by atoms with van der Waals surface area (Å²) < 4.78 is 3.51. The van der Waals surface area contributed by atoms with E-state index in [0.717, 1.165) is 0 Å². The van der Waals surface area contributed by atoms with Gasteiger partial charge in [0, 0.05) is 12.4 Å². The molecule has 0 atom stereocenters. The Hall–Kier alpha value is -1.82. The molecule has 1 N–H and O–H groups in total. The van der Waals surface area contributed by atoms with Gasteiger partial charge in [-0.3, -0.25) is 14.9 Å². The number of nitrogens with zero attached hydrogens (tertiary/aromatic N) is 3. The molecule has 5 nitrogen and oxygen atoms in total. The van der Waals surface area contributed by atoms with E-state index in [1.165, 1.54) is 4.68 Å². The second-order valence-electron chi connectivity index (χ2n) is 3.35. The molecule has 0 spiro atoms. The van der Waals surface area contributed by atoms with Gasteiger partial charge < -0.3 is 0 Å². The Morgan fingerprint density at radius 1 is 1.47 bits per heavy atom. The van der Waals surface area contributed by atoms with Crippen LogP contribution in [0.2, 0.25) is 0 Å². The fourth-order valence-electron chi connectivity index (χ4n) is 1.34. The van der Waals surface area contributed by atoms with E-state index in [0.29, 0.717) is 16.7 Å². The maximum atomic E-state index is 11.9. The highest BCUT2D eigenvalue weighted by molar-refractivity contribution is 9.10. The van der Waals surface area contributed by atoms with Gasteiger partial charge in [0.2, 0.25) is 0 Å². The Bertz CT molecular complexity index is 574. The van der Waals surface area contributed by atoms with Gasteiger partial charge in [-0.05, 0) is 28.1 Å². The van der Waals surface area contributed by atoms with E-state index in [2.05, 4.69) is 33.0 Å². The molecule has 0 saturated heterocycles. The first-order valence-corrected chi connectivity index (χ1v) is 5.78. The average Bonchev–Trinajstić information content (AvgIpc) is 2.82. The van der Waals surface area contributed by atoms with Crippen molar-refractivity contribution in [2.45, 2.75) is 6.54 Å². The Morgan fingerprint density at radius 2 is 2.18 bits per heavy atom. The average molecular weight is 295 g/mol. The predicted molar refractivity (Wildman–Crippen MR) is 69.8 cm³/mol. The second kappa shape index (κ2) is 5.01. The van der Waals surface area contributed by atoms with Gasteiger partial charge in [-0.15, -0.1) is 6.58 Å². The minimum atomic E-state index is -0.193. The molecule has 6 heteroatoms. The summed E-state index contributed by atoms with van der Waals surface area (Å²) in [5.74, 6) is 0. The van der Waals surface area contributed by atoms with Crippen LogP contribution in [-0.4, -0.2) is 14.5 Å². The maximum absolute atomic E-state index is 11.9. The first-order chi connectivity index (χ1) is 8.22. The third-order valence-electron chi connectivity index (χ3n) is 2.14. The van der Waals surface area contributed by atoms with Crippen LogP contribution in [0.25, 0.3) is 0 Å². The van der Waals surface area contributed by atoms with Crippen molar-refractivity contribution in [2.75, 3.05) is 5.43 Å². The van der Waals surface area contributed by atoms with Gasteiger partial charge in [-0.1, -0.05) is 6.08 Å². The van der Waals surface area contributed by atoms with E-state index < -0.39 is 0 Å². The normalized spacial score (nSPS) is 10.2. The van der Waals surface area contributed by atoms with Gasteiger partial charge >= 0.3 is 0 Å². The molecule has 17 heavy (non-hydrogen) atoms. The number of hydrogen-bond acceptors (Lipinski definition) is 3. The van der Waals surface area contributed by atoms with Crippen molar-refractivity contribution in [2.24, 2.45) is 0 Å². The molecular weight excluding hydrogens is 284 g/mol. The van der Waals surface area contributed by atoms with Crippen LogP contribution in [0.4, 0.5) is 5.69 Å². The fraction of sp³-hybridized carbons (Fsp3) is 0.0909. The maximum Gasteiger partial charge on any atom is 0.283 e. The van der Waals surface area contributed by atoms with E-state index in [1.54, 1.807) is 16.9 Å². The molecule has 0 radical (unpaired) electrons. The predicted octanol–water partition coefficient (Wildman–Crippen LogP) is 1.87. The lowest BCUT2D eigenvalue weighted by atomic mass is 10.5. The van der Waals surface area contributed by atoms with Crippen molar-refractivity contribution < 1.29 is 0 Å². The van der Waals surface area contributed by atoms with Crippen LogP contribution >= 0.6 is 15.9 Å². The zero-order valence-corrected chi connectivity index (χ0v) is 10.6. The molecular formula is C11H11BrN4O. The lowest BCUT2D eigenvalue weighted by Gasteiger charge is -2.10. The summed E-state index contributed by atoms with van der Waals surface area (Å²) in [7, 11) is 0. The van der Waals surface area contributed by atoms with Crippen molar-refractivity contribution >= 4 is 21.6 Å². The summed E-state index contributed by atoms with van der Waals surface area (Å²) in [5, 5.41) is 4.04. The SMILES string of the molecule is C=CCn1ncc(Nn2cccc2)c(Br)c1=O. The molecule has 0 bridgehead atoms. The van der Waals surface area contributed by atoms with Gasteiger partial charge in [-0.2, -0.15) is 5.10 Å². The minimum absolute atomic E-state index is 0.193. The number of allylic oxidation sites excluding steroid dienone is 1. The molecule has 0 amide bonds. The van der Waals surface area contributed by atoms with Crippen molar-refractivity contribution in [1.82, 2.24) is 14.5 Å². The quantitative estimate of drug-likeness (QED) is 0.876. The highest BCUT2D eigenvalue weighted by Crippen LogP contribution is 2.16. The molecule has 0 fully saturated rings. The molecule has 0 aliphatic rings. The molecule has 2 aromatic heterocycles. The van der Waals surface area contributed by atoms with Crippen molar-refractivity contribution in [3.8, 4) is 0 Å². The molecule has 0 saturated carbocycles. The van der Waals surface area contributed by atoms with Crippen LogP contribution < -0.4 is 11.0 Å². The Balaban J connectivity index is 2.34. The largest absolute Gasteiger partial charge is 0.292 e. The molecule has 88 valence electrons. The number of aromatic nitrogens is 3. The van der Waals surface area contributed by atoms with Gasteiger partial charge in [0.25, 0.3) is 5.56 Å². The highest BCUT2D eigenvalue weighted by Gasteiger charge is 2.07. The summed E-state index contributed by atoms with van der Waals surface area (Å²) in [6.07, 6.45) is 6.89. The molecule has 0 aromatic carbocycles. The summed E-state index contributed by atoms with van der Waals surface area (Å²) >= 11 is 3.26. The molecule has 2 rings (SSSR count). The van der Waals surface area contributed by atoms with Crippen molar-refractivity contribution in [1.29, 1.82) is 0 Å². The van der Waals surface area contributed by atoms with E-state index in [-0.39, 0.29) is 5.56 Å². The number of nitrogens with one attached hydrogen (secondary N) is 1. The van der Waals surface area contributed by atoms with E-state index in [1.807, 2.05) is 24.5 Å². The summed E-state index contributed by atoms with van der Waals surface area (Å²) in [4.78, 5) is 11.9. The molecule has 0 unspecified atom stereocenters. The summed E-state index contributed by atoms with van der Waals surface area (Å²) in [6, 6.07) is 3.76. The zero-order chi connectivity index (χ0) is 12.3. The van der Waals surface area contributed by atoms with Crippen LogP contribution in [0.3, 0.4) is 0 Å². The molecule has 2 aromatic rings. The number of rotatable bonds is 4. The Kier molecular flexibility index (Phi) is 3.43. The van der Waals surface area contributed by atoms with Gasteiger partial charge in [0.15, 0.2) is 0 Å². The second-order valence-corrected chi connectivity index (χ2v) is 4.14. The van der Waals surface area contributed by atoms with Crippen LogP contribution in [0, 0.1) is 0 Å². The zero-order valence-electron chi connectivity index (χ0n) is 9.01. The minimum Gasteiger partial charge on any atom is -0.292 e. The van der Waals surface area contributed by atoms with Crippen LogP contribution in [0.5, 0.6) is 0 Å². The molecule has 0 aliphatic heterocycles. The van der Waals surface area contributed by atoms with Gasteiger partial charge in [0.05, 0.1) is 18.4 Å². The fourth-order valence-corrected chi connectivity index (χ4v) is 1.74. The standard InChI is InChI=1S/C11H11BrN4O/c1-2-5-16-11(17)10(12)9(8-13-16)14-15-6-3-4-7-15/h2-4,6-8,14H,1,5H2. The Labute approximate surface area is 106 Å². The van der Waals surface area contributed by atoms with Crippen LogP contribution in [0.1, 0.15) is 0 Å². The topological polar surface area (TPSA) is 51.9 Å². The van der Waals surface area contributed by atoms with Crippen LogP contribution in [0.15, 0.2) is 52.6 Å². The van der Waals surface area contributed by atoms with Crippen LogP contribution in [-0.2, 0) is 6.54 Å². The summed E-state index contributed by atoms with van der Waals surface area (Å²) in [5.41, 5.74) is 3.46. The number of halogens is 1. The molecule has 0 aliphatic carbocycles. The third kappa shape index (κ3) is 2.47. The van der Waals surface area contributed by atoms with Crippen molar-refractivity contribution in [3.63, 3.8) is 0 Å². The van der Waals surface area contributed by atoms with E-state index in [9.17, 15) is 4.79 Å². The lowest BCUT2D eigenvalue weighted by Crippen LogP contribution is -2.24. The number of anilines is 1. The Morgan fingerprint density at radius 3 is 2.82 bits per heavy atom. The van der Waals surface area contributed by atoms with Gasteiger partial charge in [-0.25, -0.2) is 4.68 Å². The molecule has 2 heterocycles. The van der Waals surface area contributed by atoms with E-state index >= 15 is 0 Å². The first-order valence-electron chi connectivity index (χ1n) is 4.99. The monoisotopic (exact) mass is 294 g/mol. The van der Waals surface area contributed by atoms with E-state index in [4.69, 9.17) is 0 Å². The highest BCUT2D eigenvalue weighted by atomic mass is 79.9.